The van der Waals surface area contributed by atoms with E-state index in [1.54, 1.807) is 6.07 Å². The standard InChI is InChI=1S/C10H13N3O4/c1-2-4-13(7-9(14)15)10(16)11-6-8-3-5-17-12-8/h2-3,5H,1,4,6-7H2,(H,11,16)(H,14,15). The van der Waals surface area contributed by atoms with E-state index in [0.717, 1.165) is 4.90 Å². The van der Waals surface area contributed by atoms with Crippen LogP contribution in [0.15, 0.2) is 29.5 Å². The highest BCUT2D eigenvalue weighted by molar-refractivity contribution is 5.80. The Morgan fingerprint density at radius 2 is 2.41 bits per heavy atom. The Kier molecular flexibility index (Phi) is 4.74. The van der Waals surface area contributed by atoms with E-state index in [2.05, 4.69) is 21.6 Å². The van der Waals surface area contributed by atoms with Crippen LogP contribution < -0.4 is 5.32 Å². The zero-order valence-electron chi connectivity index (χ0n) is 9.13. The molecule has 92 valence electrons. The Labute approximate surface area is 97.7 Å². The fourth-order valence-electron chi connectivity index (χ4n) is 1.15. The minimum atomic E-state index is -1.08. The van der Waals surface area contributed by atoms with Crippen molar-refractivity contribution in [1.29, 1.82) is 0 Å². The van der Waals surface area contributed by atoms with E-state index >= 15 is 0 Å². The molecular formula is C10H13N3O4. The summed E-state index contributed by atoms with van der Waals surface area (Å²) in [6.45, 7) is 3.43. The first-order valence-electron chi connectivity index (χ1n) is 4.88. The molecule has 1 rings (SSSR count). The van der Waals surface area contributed by atoms with Gasteiger partial charge in [-0.05, 0) is 0 Å². The lowest BCUT2D eigenvalue weighted by atomic mass is 10.4. The molecule has 17 heavy (non-hydrogen) atoms. The normalized spacial score (nSPS) is 9.65. The zero-order chi connectivity index (χ0) is 12.7. The number of nitrogens with zero attached hydrogens (tertiary/aromatic N) is 2. The van der Waals surface area contributed by atoms with Crippen molar-refractivity contribution >= 4 is 12.0 Å². The smallest absolute Gasteiger partial charge is 0.323 e. The molecule has 0 aliphatic rings. The number of nitrogens with one attached hydrogen (secondary N) is 1. The van der Waals surface area contributed by atoms with Crippen LogP contribution in [0, 0.1) is 0 Å². The Balaban J connectivity index is 2.46. The quantitative estimate of drug-likeness (QED) is 0.703. The minimum absolute atomic E-state index is 0.164. The van der Waals surface area contributed by atoms with Gasteiger partial charge in [-0.1, -0.05) is 11.2 Å². The van der Waals surface area contributed by atoms with Crippen molar-refractivity contribution in [2.45, 2.75) is 6.54 Å². The van der Waals surface area contributed by atoms with Crippen LogP contribution in [-0.2, 0) is 11.3 Å². The van der Waals surface area contributed by atoms with Gasteiger partial charge in [-0.3, -0.25) is 4.79 Å². The van der Waals surface area contributed by atoms with Gasteiger partial charge in [-0.15, -0.1) is 6.58 Å². The Morgan fingerprint density at radius 3 is 2.94 bits per heavy atom. The first kappa shape index (κ1) is 12.8. The maximum absolute atomic E-state index is 11.6. The maximum atomic E-state index is 11.6. The van der Waals surface area contributed by atoms with Crippen molar-refractivity contribution in [1.82, 2.24) is 15.4 Å². The summed E-state index contributed by atoms with van der Waals surface area (Å²) in [6, 6.07) is 1.12. The van der Waals surface area contributed by atoms with Crippen LogP contribution in [0.3, 0.4) is 0 Å². The molecule has 0 aliphatic carbocycles. The summed E-state index contributed by atoms with van der Waals surface area (Å²) >= 11 is 0. The van der Waals surface area contributed by atoms with Crippen LogP contribution in [0.5, 0.6) is 0 Å². The molecule has 1 heterocycles. The molecule has 7 nitrogen and oxygen atoms in total. The van der Waals surface area contributed by atoms with E-state index < -0.39 is 12.0 Å². The second kappa shape index (κ2) is 6.31. The highest BCUT2D eigenvalue weighted by atomic mass is 16.5. The second-order valence-electron chi connectivity index (χ2n) is 3.21. The Hall–Kier alpha value is -2.31. The second-order valence-corrected chi connectivity index (χ2v) is 3.21. The van der Waals surface area contributed by atoms with Crippen LogP contribution in [0.25, 0.3) is 0 Å². The molecule has 0 bridgehead atoms. The third-order valence-electron chi connectivity index (χ3n) is 1.87. The maximum Gasteiger partial charge on any atom is 0.323 e. The lowest BCUT2D eigenvalue weighted by Crippen LogP contribution is -2.42. The lowest BCUT2D eigenvalue weighted by molar-refractivity contribution is -0.137. The number of carbonyl (C=O) groups is 2. The number of carboxylic acid groups (broad SMARTS) is 1. The van der Waals surface area contributed by atoms with Gasteiger partial charge in [0.1, 0.15) is 18.5 Å². The molecule has 0 saturated heterocycles. The van der Waals surface area contributed by atoms with Crippen LogP contribution in [0.2, 0.25) is 0 Å². The third-order valence-corrected chi connectivity index (χ3v) is 1.87. The van der Waals surface area contributed by atoms with Crippen LogP contribution in [0.4, 0.5) is 4.79 Å². The number of rotatable bonds is 6. The van der Waals surface area contributed by atoms with Gasteiger partial charge in [-0.25, -0.2) is 4.79 Å². The van der Waals surface area contributed by atoms with Gasteiger partial charge in [0.05, 0.1) is 6.54 Å². The number of hydrogen-bond acceptors (Lipinski definition) is 4. The predicted molar refractivity (Wildman–Crippen MR) is 58.1 cm³/mol. The SMILES string of the molecule is C=CCN(CC(=O)O)C(=O)NCc1ccon1. The highest BCUT2D eigenvalue weighted by Crippen LogP contribution is 1.95. The molecule has 0 atom stereocenters. The fourth-order valence-corrected chi connectivity index (χ4v) is 1.15. The molecule has 1 aromatic heterocycles. The number of aliphatic carboxylic acids is 1. The van der Waals surface area contributed by atoms with Gasteiger partial charge < -0.3 is 19.8 Å². The molecule has 0 radical (unpaired) electrons. The van der Waals surface area contributed by atoms with Crippen LogP contribution in [-0.4, -0.2) is 40.3 Å². The monoisotopic (exact) mass is 239 g/mol. The first-order valence-corrected chi connectivity index (χ1v) is 4.88. The molecule has 1 aromatic rings. The molecule has 0 spiro atoms. The summed E-state index contributed by atoms with van der Waals surface area (Å²) in [7, 11) is 0. The molecular weight excluding hydrogens is 226 g/mol. The van der Waals surface area contributed by atoms with Gasteiger partial charge in [0, 0.05) is 12.6 Å². The van der Waals surface area contributed by atoms with Gasteiger partial charge >= 0.3 is 12.0 Å². The van der Waals surface area contributed by atoms with E-state index in [0.29, 0.717) is 5.69 Å². The molecule has 0 saturated carbocycles. The average Bonchev–Trinajstić information content (AvgIpc) is 2.77. The first-order chi connectivity index (χ1) is 8.13. The average molecular weight is 239 g/mol. The Bertz CT molecular complexity index is 388. The minimum Gasteiger partial charge on any atom is -0.480 e. The zero-order valence-corrected chi connectivity index (χ0v) is 9.13. The van der Waals surface area contributed by atoms with E-state index in [1.807, 2.05) is 0 Å². The molecule has 0 aromatic carbocycles. The molecule has 0 unspecified atom stereocenters. The summed E-state index contributed by atoms with van der Waals surface area (Å²) in [5, 5.41) is 14.8. The van der Waals surface area contributed by atoms with Gasteiger partial charge in [-0.2, -0.15) is 0 Å². The van der Waals surface area contributed by atoms with E-state index in [4.69, 9.17) is 5.11 Å². The predicted octanol–water partition coefficient (Wildman–Crippen LogP) is 0.457. The van der Waals surface area contributed by atoms with E-state index in [1.165, 1.54) is 12.3 Å². The van der Waals surface area contributed by atoms with Crippen molar-refractivity contribution in [2.24, 2.45) is 0 Å². The lowest BCUT2D eigenvalue weighted by Gasteiger charge is -2.18. The number of urea groups is 1. The van der Waals surface area contributed by atoms with Gasteiger partial charge in [0.2, 0.25) is 0 Å². The fraction of sp³-hybridized carbons (Fsp3) is 0.300. The number of amides is 2. The topological polar surface area (TPSA) is 95.7 Å². The molecule has 7 heteroatoms. The molecule has 0 fully saturated rings. The van der Waals surface area contributed by atoms with Crippen molar-refractivity contribution in [3.8, 4) is 0 Å². The van der Waals surface area contributed by atoms with Crippen molar-refractivity contribution in [2.75, 3.05) is 13.1 Å². The molecule has 2 N–H and O–H groups in total. The van der Waals surface area contributed by atoms with Gasteiger partial charge in [0.25, 0.3) is 0 Å². The summed E-state index contributed by atoms with van der Waals surface area (Å²) < 4.78 is 4.59. The van der Waals surface area contributed by atoms with E-state index in [9.17, 15) is 9.59 Å². The number of hydrogen-bond donors (Lipinski definition) is 2. The molecule has 2 amide bonds. The van der Waals surface area contributed by atoms with Crippen molar-refractivity contribution in [3.63, 3.8) is 0 Å². The van der Waals surface area contributed by atoms with Crippen molar-refractivity contribution < 1.29 is 19.2 Å². The number of carbonyl (C=O) groups excluding carboxylic acids is 1. The Morgan fingerprint density at radius 1 is 1.65 bits per heavy atom. The largest absolute Gasteiger partial charge is 0.480 e. The van der Waals surface area contributed by atoms with Crippen LogP contribution >= 0.6 is 0 Å². The third kappa shape index (κ3) is 4.37. The number of carboxylic acids is 1. The summed E-state index contributed by atoms with van der Waals surface area (Å²) in [5.74, 6) is -1.08. The van der Waals surface area contributed by atoms with Gasteiger partial charge in [0.15, 0.2) is 0 Å². The van der Waals surface area contributed by atoms with Crippen molar-refractivity contribution in [3.05, 3.63) is 30.7 Å². The summed E-state index contributed by atoms with van der Waals surface area (Å²) in [6.07, 6.45) is 2.85. The van der Waals surface area contributed by atoms with Crippen LogP contribution in [0.1, 0.15) is 5.69 Å². The number of aromatic nitrogens is 1. The molecule has 0 aliphatic heterocycles. The summed E-state index contributed by atoms with van der Waals surface area (Å²) in [5.41, 5.74) is 0.562. The highest BCUT2D eigenvalue weighted by Gasteiger charge is 2.15. The summed E-state index contributed by atoms with van der Waals surface area (Å²) in [4.78, 5) is 23.3. The van der Waals surface area contributed by atoms with E-state index in [-0.39, 0.29) is 19.6 Å².